The van der Waals surface area contributed by atoms with Gasteiger partial charge in [0, 0.05) is 0 Å². The number of carbonyl (C=O) groups is 2. The molecule has 176 valence electrons. The third-order valence-corrected chi connectivity index (χ3v) is 8.07. The number of rotatable bonds is 6. The molecule has 0 spiro atoms. The highest BCUT2D eigenvalue weighted by Gasteiger charge is 2.59. The van der Waals surface area contributed by atoms with E-state index in [0.29, 0.717) is 18.1 Å². The van der Waals surface area contributed by atoms with Gasteiger partial charge in [0.2, 0.25) is 0 Å². The maximum atomic E-state index is 12.9. The number of carbonyl (C=O) groups excluding carboxylic acids is 2. The molecule has 4 atom stereocenters. The van der Waals surface area contributed by atoms with Crippen LogP contribution in [0.5, 0.6) is 11.5 Å². The van der Waals surface area contributed by atoms with Crippen molar-refractivity contribution in [2.45, 2.75) is 13.0 Å². The van der Waals surface area contributed by atoms with Gasteiger partial charge in [0.25, 0.3) is 11.8 Å². The van der Waals surface area contributed by atoms with Gasteiger partial charge in [0.15, 0.2) is 11.5 Å². The summed E-state index contributed by atoms with van der Waals surface area (Å²) in [5, 5.41) is 7.67. The van der Waals surface area contributed by atoms with E-state index in [4.69, 9.17) is 9.47 Å². The highest BCUT2D eigenvalue weighted by molar-refractivity contribution is 14.1. The smallest absolute Gasteiger partial charge is 0.254 e. The Hall–Kier alpha value is -3.20. The van der Waals surface area contributed by atoms with Crippen LogP contribution < -0.4 is 9.47 Å². The van der Waals surface area contributed by atoms with Crippen LogP contribution in [0.1, 0.15) is 17.5 Å². The molecule has 0 unspecified atom stereocenters. The molecule has 1 saturated heterocycles. The summed E-state index contributed by atoms with van der Waals surface area (Å²) in [7, 11) is 1.59. The summed E-state index contributed by atoms with van der Waals surface area (Å²) in [5.41, 5.74) is 1.81. The average Bonchev–Trinajstić information content (AvgIpc) is 3.56. The fourth-order valence-electron chi connectivity index (χ4n) is 5.65. The van der Waals surface area contributed by atoms with E-state index in [0.717, 1.165) is 31.5 Å². The first-order chi connectivity index (χ1) is 17.0. The van der Waals surface area contributed by atoms with E-state index in [1.165, 1.54) is 5.39 Å². The largest absolute Gasteiger partial charge is 0.493 e. The molecule has 6 nitrogen and oxygen atoms in total. The molecule has 2 bridgehead atoms. The summed E-state index contributed by atoms with van der Waals surface area (Å²) in [6, 6.07) is 18.1. The number of nitrogens with zero attached hydrogens (tertiary/aromatic N) is 2. The third kappa shape index (κ3) is 3.73. The van der Waals surface area contributed by atoms with Gasteiger partial charge in [-0.2, -0.15) is 10.1 Å². The fourth-order valence-corrected chi connectivity index (χ4v) is 6.43. The Morgan fingerprint density at radius 2 is 1.74 bits per heavy atom. The number of hydrogen-bond acceptors (Lipinski definition) is 5. The molecule has 1 heterocycles. The lowest BCUT2D eigenvalue weighted by molar-refractivity contribution is -0.140. The number of imide groups is 1. The van der Waals surface area contributed by atoms with Crippen LogP contribution in [0.3, 0.4) is 0 Å². The van der Waals surface area contributed by atoms with Crippen LogP contribution in [0.15, 0.2) is 71.9 Å². The van der Waals surface area contributed by atoms with Gasteiger partial charge in [0.05, 0.1) is 28.7 Å². The minimum absolute atomic E-state index is 0.167. The molecule has 2 amide bonds. The van der Waals surface area contributed by atoms with E-state index in [-0.39, 0.29) is 35.5 Å². The Kier molecular flexibility index (Phi) is 5.59. The van der Waals surface area contributed by atoms with Gasteiger partial charge in [-0.1, -0.05) is 54.6 Å². The predicted octanol–water partition coefficient (Wildman–Crippen LogP) is 5.17. The third-order valence-electron chi connectivity index (χ3n) is 7.27. The molecule has 0 radical (unpaired) electrons. The lowest BCUT2D eigenvalue weighted by Gasteiger charge is -2.15. The van der Waals surface area contributed by atoms with E-state index in [2.05, 4.69) is 64.1 Å². The number of benzene rings is 3. The van der Waals surface area contributed by atoms with Crippen LogP contribution in [0, 0.1) is 27.2 Å². The maximum absolute atomic E-state index is 12.9. The molecule has 1 saturated carbocycles. The predicted molar refractivity (Wildman–Crippen MR) is 141 cm³/mol. The molecule has 0 aromatic heterocycles. The Morgan fingerprint density at radius 1 is 1.03 bits per heavy atom. The van der Waals surface area contributed by atoms with Crippen molar-refractivity contribution in [3.05, 3.63) is 81.4 Å². The first-order valence-electron chi connectivity index (χ1n) is 11.6. The van der Waals surface area contributed by atoms with Gasteiger partial charge in [-0.05, 0) is 74.9 Å². The van der Waals surface area contributed by atoms with Crippen molar-refractivity contribution >= 4 is 51.4 Å². The molecule has 1 aliphatic heterocycles. The summed E-state index contributed by atoms with van der Waals surface area (Å²) in [6.45, 7) is 0.400. The lowest BCUT2D eigenvalue weighted by atomic mass is 9.85. The van der Waals surface area contributed by atoms with E-state index in [1.54, 1.807) is 19.4 Å². The van der Waals surface area contributed by atoms with Gasteiger partial charge < -0.3 is 9.47 Å². The van der Waals surface area contributed by atoms with Crippen LogP contribution in [-0.2, 0) is 16.2 Å². The SMILES string of the molecule is COc1cc(/C=N\N2C(=O)[C@H]3[C@H](C2=O)[C@H]2C=C[C@H]3C2)cc(I)c1OCc1cccc2ccccc12. The fraction of sp³-hybridized carbons (Fsp3) is 0.250. The number of hydrazone groups is 1. The molecule has 2 aliphatic carbocycles. The van der Waals surface area contributed by atoms with Crippen molar-refractivity contribution in [2.75, 3.05) is 7.11 Å². The Morgan fingerprint density at radius 3 is 2.49 bits per heavy atom. The number of amides is 2. The molecule has 35 heavy (non-hydrogen) atoms. The Balaban J connectivity index is 1.22. The molecular formula is C28H23IN2O4. The normalized spacial score (nSPS) is 24.7. The van der Waals surface area contributed by atoms with Crippen LogP contribution in [-0.4, -0.2) is 30.1 Å². The molecule has 7 heteroatoms. The second-order valence-electron chi connectivity index (χ2n) is 9.19. The zero-order valence-electron chi connectivity index (χ0n) is 19.1. The van der Waals surface area contributed by atoms with E-state index in [9.17, 15) is 9.59 Å². The maximum Gasteiger partial charge on any atom is 0.254 e. The van der Waals surface area contributed by atoms with Gasteiger partial charge in [-0.3, -0.25) is 9.59 Å². The van der Waals surface area contributed by atoms with Crippen LogP contribution in [0.4, 0.5) is 0 Å². The minimum atomic E-state index is -0.255. The van der Waals surface area contributed by atoms with Crippen LogP contribution in [0.25, 0.3) is 10.8 Å². The zero-order chi connectivity index (χ0) is 24.1. The van der Waals surface area contributed by atoms with E-state index in [1.807, 2.05) is 24.3 Å². The monoisotopic (exact) mass is 578 g/mol. The van der Waals surface area contributed by atoms with Gasteiger partial charge in [-0.15, -0.1) is 0 Å². The van der Waals surface area contributed by atoms with Gasteiger partial charge in [0.1, 0.15) is 6.61 Å². The summed E-state index contributed by atoms with van der Waals surface area (Å²) >= 11 is 2.20. The summed E-state index contributed by atoms with van der Waals surface area (Å²) < 4.78 is 12.7. The summed E-state index contributed by atoms with van der Waals surface area (Å²) in [4.78, 5) is 25.8. The molecule has 3 aromatic rings. The van der Waals surface area contributed by atoms with Crippen LogP contribution in [0.2, 0.25) is 0 Å². The van der Waals surface area contributed by atoms with Crippen molar-refractivity contribution in [3.8, 4) is 11.5 Å². The van der Waals surface area contributed by atoms with Crippen molar-refractivity contribution in [2.24, 2.45) is 28.8 Å². The van der Waals surface area contributed by atoms with Crippen molar-refractivity contribution in [1.82, 2.24) is 5.01 Å². The van der Waals surface area contributed by atoms with E-state index < -0.39 is 0 Å². The number of halogens is 1. The highest BCUT2D eigenvalue weighted by Crippen LogP contribution is 2.52. The number of allylic oxidation sites excluding steroid dienone is 2. The number of fused-ring (bicyclic) bond motifs is 6. The first kappa shape index (κ1) is 22.3. The quantitative estimate of drug-likeness (QED) is 0.175. The van der Waals surface area contributed by atoms with Crippen molar-refractivity contribution in [3.63, 3.8) is 0 Å². The molecule has 2 fully saturated rings. The molecular weight excluding hydrogens is 555 g/mol. The standard InChI is InChI=1S/C28H23IN2O4/c1-34-23-12-16(14-30-31-27(32)24-18-9-10-19(13-18)25(24)28(31)33)11-22(29)26(23)35-15-20-7-4-6-17-5-2-3-8-21(17)20/h2-12,14,18-19,24-25H,13,15H2,1H3/b30-14-/t18-,19-,24+,25+/m0/s1. The summed E-state index contributed by atoms with van der Waals surface area (Å²) in [5.74, 6) is 0.653. The average molecular weight is 578 g/mol. The number of hydrogen-bond donors (Lipinski definition) is 0. The number of methoxy groups -OCH3 is 1. The molecule has 3 aliphatic rings. The van der Waals surface area contributed by atoms with Gasteiger partial charge >= 0.3 is 0 Å². The second-order valence-corrected chi connectivity index (χ2v) is 10.4. The molecule has 0 N–H and O–H groups in total. The molecule has 3 aromatic carbocycles. The Bertz CT molecular complexity index is 1380. The lowest BCUT2D eigenvalue weighted by Crippen LogP contribution is -2.28. The Labute approximate surface area is 216 Å². The second kappa shape index (κ2) is 8.78. The van der Waals surface area contributed by atoms with Crippen molar-refractivity contribution in [1.29, 1.82) is 0 Å². The van der Waals surface area contributed by atoms with E-state index >= 15 is 0 Å². The van der Waals surface area contributed by atoms with Crippen molar-refractivity contribution < 1.29 is 19.1 Å². The number of ether oxygens (including phenoxy) is 2. The van der Waals surface area contributed by atoms with Crippen LogP contribution >= 0.6 is 22.6 Å². The summed E-state index contributed by atoms with van der Waals surface area (Å²) in [6.07, 6.45) is 6.61. The molecule has 6 rings (SSSR count). The highest BCUT2D eigenvalue weighted by atomic mass is 127. The zero-order valence-corrected chi connectivity index (χ0v) is 21.2. The topological polar surface area (TPSA) is 68.2 Å². The minimum Gasteiger partial charge on any atom is -0.493 e. The first-order valence-corrected chi connectivity index (χ1v) is 12.7. The van der Waals surface area contributed by atoms with Gasteiger partial charge in [-0.25, -0.2) is 0 Å².